The van der Waals surface area contributed by atoms with Gasteiger partial charge in [0.05, 0.1) is 5.92 Å². The summed E-state index contributed by atoms with van der Waals surface area (Å²) in [5.74, 6) is -2.38. The van der Waals surface area contributed by atoms with E-state index in [0.717, 1.165) is 5.56 Å². The molecule has 2 aromatic carbocycles. The summed E-state index contributed by atoms with van der Waals surface area (Å²) in [7, 11) is 0. The van der Waals surface area contributed by atoms with Gasteiger partial charge in [0, 0.05) is 0 Å². The lowest BCUT2D eigenvalue weighted by Gasteiger charge is -2.16. The minimum Gasteiger partial charge on any atom is -0.481 e. The van der Waals surface area contributed by atoms with Gasteiger partial charge < -0.3 is 15.5 Å². The van der Waals surface area contributed by atoms with Crippen LogP contribution < -0.4 is 5.32 Å². The molecule has 0 radical (unpaired) electrons. The minimum atomic E-state index is -0.945. The van der Waals surface area contributed by atoms with Crippen LogP contribution in [0.2, 0.25) is 0 Å². The first kappa shape index (κ1) is 17.7. The lowest BCUT2D eigenvalue weighted by atomic mass is 9.94. The van der Waals surface area contributed by atoms with Crippen molar-refractivity contribution in [3.63, 3.8) is 0 Å². The highest BCUT2D eigenvalue weighted by molar-refractivity contribution is 5.76. The fourth-order valence-electron chi connectivity index (χ4n) is 2.66. The molecular weight excluding hydrogens is 306 g/mol. The van der Waals surface area contributed by atoms with Crippen molar-refractivity contribution in [2.75, 3.05) is 6.54 Å². The van der Waals surface area contributed by atoms with Gasteiger partial charge in [0.2, 0.25) is 0 Å². The van der Waals surface area contributed by atoms with Crippen molar-refractivity contribution >= 4 is 11.9 Å². The van der Waals surface area contributed by atoms with E-state index in [1.165, 1.54) is 0 Å². The van der Waals surface area contributed by atoms with Crippen LogP contribution in [0, 0.1) is 0 Å². The molecular formula is C19H21NO4. The smallest absolute Gasteiger partial charge is 0.325 e. The Balaban J connectivity index is 1.90. The summed E-state index contributed by atoms with van der Waals surface area (Å²) in [5, 5.41) is 21.7. The van der Waals surface area contributed by atoms with Crippen LogP contribution in [0.4, 0.5) is 0 Å². The summed E-state index contributed by atoms with van der Waals surface area (Å²) in [5.41, 5.74) is 1.45. The lowest BCUT2D eigenvalue weighted by molar-refractivity contribution is -0.140. The molecule has 0 fully saturated rings. The molecule has 2 unspecified atom stereocenters. The molecule has 2 rings (SSSR count). The van der Waals surface area contributed by atoms with Gasteiger partial charge >= 0.3 is 11.9 Å². The van der Waals surface area contributed by atoms with Crippen LogP contribution in [0.25, 0.3) is 0 Å². The SMILES string of the molecule is O=C(O)C(CCCNC(C(=O)O)c1ccccc1)c1ccccc1. The minimum absolute atomic E-state index is 0.433. The van der Waals surface area contributed by atoms with Crippen molar-refractivity contribution in [3.8, 4) is 0 Å². The topological polar surface area (TPSA) is 86.6 Å². The highest BCUT2D eigenvalue weighted by Crippen LogP contribution is 2.21. The number of rotatable bonds is 9. The molecule has 0 aliphatic rings. The number of carboxylic acids is 2. The van der Waals surface area contributed by atoms with E-state index >= 15 is 0 Å². The molecule has 24 heavy (non-hydrogen) atoms. The van der Waals surface area contributed by atoms with E-state index in [2.05, 4.69) is 5.32 Å². The molecule has 0 aliphatic carbocycles. The van der Waals surface area contributed by atoms with Gasteiger partial charge in [-0.1, -0.05) is 60.7 Å². The van der Waals surface area contributed by atoms with E-state index in [1.54, 1.807) is 36.4 Å². The normalized spacial score (nSPS) is 13.2. The van der Waals surface area contributed by atoms with Gasteiger partial charge in [0.15, 0.2) is 0 Å². The number of carboxylic acid groups (broad SMARTS) is 2. The zero-order valence-electron chi connectivity index (χ0n) is 13.3. The van der Waals surface area contributed by atoms with E-state index in [4.69, 9.17) is 0 Å². The van der Waals surface area contributed by atoms with Crippen molar-refractivity contribution < 1.29 is 19.8 Å². The summed E-state index contributed by atoms with van der Waals surface area (Å²) >= 11 is 0. The van der Waals surface area contributed by atoms with Crippen LogP contribution in [0.5, 0.6) is 0 Å². The number of carbonyl (C=O) groups is 2. The molecule has 0 heterocycles. The van der Waals surface area contributed by atoms with Gasteiger partial charge in [-0.05, 0) is 30.5 Å². The van der Waals surface area contributed by atoms with Crippen molar-refractivity contribution in [2.45, 2.75) is 24.8 Å². The number of benzene rings is 2. The molecule has 0 bridgehead atoms. The molecule has 2 aromatic rings. The van der Waals surface area contributed by atoms with Crippen LogP contribution in [0.15, 0.2) is 60.7 Å². The van der Waals surface area contributed by atoms with Crippen LogP contribution in [-0.2, 0) is 9.59 Å². The van der Waals surface area contributed by atoms with Gasteiger partial charge in [-0.3, -0.25) is 9.59 Å². The van der Waals surface area contributed by atoms with Crippen LogP contribution in [0.3, 0.4) is 0 Å². The van der Waals surface area contributed by atoms with Crippen LogP contribution in [-0.4, -0.2) is 28.7 Å². The Morgan fingerprint density at radius 3 is 1.88 bits per heavy atom. The van der Waals surface area contributed by atoms with Crippen molar-refractivity contribution in [1.29, 1.82) is 0 Å². The molecule has 2 atom stereocenters. The second-order valence-corrected chi connectivity index (χ2v) is 5.58. The average Bonchev–Trinajstić information content (AvgIpc) is 2.59. The van der Waals surface area contributed by atoms with E-state index in [9.17, 15) is 19.8 Å². The molecule has 0 amide bonds. The Labute approximate surface area is 141 Å². The Kier molecular flexibility index (Phi) is 6.51. The largest absolute Gasteiger partial charge is 0.481 e. The molecule has 0 saturated heterocycles. The number of hydrogen-bond donors (Lipinski definition) is 3. The van der Waals surface area contributed by atoms with E-state index in [-0.39, 0.29) is 0 Å². The Hall–Kier alpha value is -2.66. The fraction of sp³-hybridized carbons (Fsp3) is 0.263. The van der Waals surface area contributed by atoms with E-state index < -0.39 is 23.9 Å². The molecule has 126 valence electrons. The van der Waals surface area contributed by atoms with Crippen molar-refractivity contribution in [3.05, 3.63) is 71.8 Å². The van der Waals surface area contributed by atoms with Gasteiger partial charge in [0.25, 0.3) is 0 Å². The zero-order valence-corrected chi connectivity index (χ0v) is 13.3. The summed E-state index contributed by atoms with van der Waals surface area (Å²) < 4.78 is 0. The third-order valence-corrected chi connectivity index (χ3v) is 3.90. The first-order valence-corrected chi connectivity index (χ1v) is 7.88. The van der Waals surface area contributed by atoms with Gasteiger partial charge in [-0.25, -0.2) is 0 Å². The van der Waals surface area contributed by atoms with Crippen molar-refractivity contribution in [2.24, 2.45) is 0 Å². The maximum absolute atomic E-state index is 11.4. The van der Waals surface area contributed by atoms with E-state index in [0.29, 0.717) is 24.9 Å². The first-order chi connectivity index (χ1) is 11.6. The highest BCUT2D eigenvalue weighted by atomic mass is 16.4. The Morgan fingerprint density at radius 1 is 0.833 bits per heavy atom. The summed E-state index contributed by atoms with van der Waals surface area (Å²) in [6.45, 7) is 0.433. The second kappa shape index (κ2) is 8.84. The standard InChI is InChI=1S/C19H21NO4/c21-18(22)16(14-8-3-1-4-9-14)12-7-13-20-17(19(23)24)15-10-5-2-6-11-15/h1-6,8-11,16-17,20H,7,12-13H2,(H,21,22)(H,23,24). The predicted octanol–water partition coefficient (Wildman–Crippen LogP) is 3.05. The quantitative estimate of drug-likeness (QED) is 0.616. The molecule has 5 heteroatoms. The zero-order chi connectivity index (χ0) is 17.4. The summed E-state index contributed by atoms with van der Waals surface area (Å²) in [6, 6.07) is 17.2. The number of nitrogens with one attached hydrogen (secondary N) is 1. The van der Waals surface area contributed by atoms with Crippen LogP contribution in [0.1, 0.15) is 35.9 Å². The number of aliphatic carboxylic acids is 2. The molecule has 5 nitrogen and oxygen atoms in total. The van der Waals surface area contributed by atoms with Crippen LogP contribution >= 0.6 is 0 Å². The fourth-order valence-corrected chi connectivity index (χ4v) is 2.66. The molecule has 0 saturated carbocycles. The third-order valence-electron chi connectivity index (χ3n) is 3.90. The third kappa shape index (κ3) is 4.93. The second-order valence-electron chi connectivity index (χ2n) is 5.58. The summed E-state index contributed by atoms with van der Waals surface area (Å²) in [4.78, 5) is 22.8. The maximum atomic E-state index is 11.4. The Bertz CT molecular complexity index is 598. The maximum Gasteiger partial charge on any atom is 0.325 e. The molecule has 0 spiro atoms. The predicted molar refractivity (Wildman–Crippen MR) is 90.9 cm³/mol. The summed E-state index contributed by atoms with van der Waals surface area (Å²) in [6.07, 6.45) is 1.02. The molecule has 0 aromatic heterocycles. The number of hydrogen-bond acceptors (Lipinski definition) is 3. The van der Waals surface area contributed by atoms with Gasteiger partial charge in [-0.2, -0.15) is 0 Å². The van der Waals surface area contributed by atoms with Gasteiger partial charge in [0.1, 0.15) is 6.04 Å². The average molecular weight is 327 g/mol. The molecule has 0 aliphatic heterocycles. The lowest BCUT2D eigenvalue weighted by Crippen LogP contribution is -2.29. The van der Waals surface area contributed by atoms with Gasteiger partial charge in [-0.15, -0.1) is 0 Å². The highest BCUT2D eigenvalue weighted by Gasteiger charge is 2.21. The van der Waals surface area contributed by atoms with E-state index in [1.807, 2.05) is 24.3 Å². The monoisotopic (exact) mass is 327 g/mol. The Morgan fingerprint density at radius 2 is 1.38 bits per heavy atom. The van der Waals surface area contributed by atoms with Crippen molar-refractivity contribution in [1.82, 2.24) is 5.32 Å². The first-order valence-electron chi connectivity index (χ1n) is 7.88. The molecule has 3 N–H and O–H groups in total.